The molecule has 3 heteroatoms. The summed E-state index contributed by atoms with van der Waals surface area (Å²) in [5.41, 5.74) is 1.14. The van der Waals surface area contributed by atoms with Gasteiger partial charge in [0.25, 0.3) is 0 Å². The maximum Gasteiger partial charge on any atom is 0.0866 e. The molecule has 12 heavy (non-hydrogen) atoms. The van der Waals surface area contributed by atoms with Crippen LogP contribution in [0, 0.1) is 0 Å². The van der Waals surface area contributed by atoms with E-state index in [0.29, 0.717) is 6.61 Å². The normalized spacial score (nSPS) is 21.5. The van der Waals surface area contributed by atoms with E-state index in [1.165, 1.54) is 0 Å². The van der Waals surface area contributed by atoms with E-state index in [1.54, 1.807) is 0 Å². The zero-order chi connectivity index (χ0) is 8.23. The van der Waals surface area contributed by atoms with E-state index in [1.807, 2.05) is 29.2 Å². The Kier molecular flexibility index (Phi) is 2.23. The van der Waals surface area contributed by atoms with E-state index in [0.717, 1.165) is 25.2 Å². The summed E-state index contributed by atoms with van der Waals surface area (Å²) in [4.78, 5) is 0. The number of rotatable bonds is 1. The molecule has 64 valence electrons. The van der Waals surface area contributed by atoms with Crippen LogP contribution in [0.2, 0.25) is 0 Å². The standard InChI is InChI=1S/C9H12N2O/c1-2-6-11(5-1)10-9-4-3-7-12-8-9/h1-2,5-6H,3-4,7-8H2/b10-9+. The summed E-state index contributed by atoms with van der Waals surface area (Å²) in [6, 6.07) is 3.93. The van der Waals surface area contributed by atoms with Crippen LogP contribution >= 0.6 is 0 Å². The molecule has 3 nitrogen and oxygen atoms in total. The molecule has 2 heterocycles. The monoisotopic (exact) mass is 164 g/mol. The van der Waals surface area contributed by atoms with Gasteiger partial charge in [-0.2, -0.15) is 5.10 Å². The number of ether oxygens (including phenoxy) is 1. The molecule has 0 aliphatic carbocycles. The van der Waals surface area contributed by atoms with Gasteiger partial charge in [-0.15, -0.1) is 0 Å². The van der Waals surface area contributed by atoms with Crippen molar-refractivity contribution in [1.29, 1.82) is 0 Å². The minimum absolute atomic E-state index is 0.693. The first kappa shape index (κ1) is 7.55. The van der Waals surface area contributed by atoms with Gasteiger partial charge >= 0.3 is 0 Å². The van der Waals surface area contributed by atoms with Crippen LogP contribution in [0.25, 0.3) is 0 Å². The average molecular weight is 164 g/mol. The Morgan fingerprint density at radius 2 is 2.17 bits per heavy atom. The molecule has 1 saturated heterocycles. The van der Waals surface area contributed by atoms with E-state index in [2.05, 4.69) is 5.10 Å². The molecule has 0 aromatic carbocycles. The van der Waals surface area contributed by atoms with Gasteiger partial charge < -0.3 is 4.74 Å². The van der Waals surface area contributed by atoms with Crippen molar-refractivity contribution in [1.82, 2.24) is 4.68 Å². The summed E-state index contributed by atoms with van der Waals surface area (Å²) >= 11 is 0. The third kappa shape index (κ3) is 1.74. The molecule has 1 fully saturated rings. The van der Waals surface area contributed by atoms with Crippen molar-refractivity contribution in [3.05, 3.63) is 24.5 Å². The smallest absolute Gasteiger partial charge is 0.0866 e. The molecule has 1 aromatic heterocycles. The molecule has 1 aromatic rings. The Balaban J connectivity index is 2.07. The van der Waals surface area contributed by atoms with E-state index >= 15 is 0 Å². The molecule has 1 aliphatic rings. The number of hydrogen-bond acceptors (Lipinski definition) is 2. The third-order valence-corrected chi connectivity index (χ3v) is 1.87. The van der Waals surface area contributed by atoms with Crippen molar-refractivity contribution >= 4 is 5.71 Å². The highest BCUT2D eigenvalue weighted by atomic mass is 16.5. The Morgan fingerprint density at radius 3 is 2.83 bits per heavy atom. The van der Waals surface area contributed by atoms with E-state index in [9.17, 15) is 0 Å². The Labute approximate surface area is 71.6 Å². The number of nitrogens with zero attached hydrogens (tertiary/aromatic N) is 2. The Morgan fingerprint density at radius 1 is 1.33 bits per heavy atom. The molecule has 0 atom stereocenters. The van der Waals surface area contributed by atoms with Gasteiger partial charge in [-0.3, -0.25) is 0 Å². The molecule has 0 amide bonds. The summed E-state index contributed by atoms with van der Waals surface area (Å²) in [5, 5.41) is 4.39. The topological polar surface area (TPSA) is 26.5 Å². The van der Waals surface area contributed by atoms with Crippen LogP contribution in [0.15, 0.2) is 29.6 Å². The maximum absolute atomic E-state index is 5.29. The lowest BCUT2D eigenvalue weighted by molar-refractivity contribution is 0.154. The highest BCUT2D eigenvalue weighted by Crippen LogP contribution is 2.03. The predicted octanol–water partition coefficient (Wildman–Crippen LogP) is 1.50. The van der Waals surface area contributed by atoms with E-state index in [-0.39, 0.29) is 0 Å². The van der Waals surface area contributed by atoms with Gasteiger partial charge in [0.1, 0.15) is 0 Å². The summed E-state index contributed by atoms with van der Waals surface area (Å²) in [6.07, 6.45) is 6.03. The molecule has 0 spiro atoms. The first-order valence-electron chi connectivity index (χ1n) is 4.22. The van der Waals surface area contributed by atoms with Gasteiger partial charge in [0.15, 0.2) is 0 Å². The molecule has 0 bridgehead atoms. The summed E-state index contributed by atoms with van der Waals surface area (Å²) < 4.78 is 7.11. The van der Waals surface area contributed by atoms with E-state index in [4.69, 9.17) is 4.74 Å². The minimum Gasteiger partial charge on any atom is -0.375 e. The van der Waals surface area contributed by atoms with Crippen molar-refractivity contribution < 1.29 is 4.74 Å². The molecule has 0 saturated carbocycles. The predicted molar refractivity (Wildman–Crippen MR) is 47.3 cm³/mol. The fourth-order valence-corrected chi connectivity index (χ4v) is 1.27. The molecule has 2 rings (SSSR count). The van der Waals surface area contributed by atoms with Crippen LogP contribution in [0.4, 0.5) is 0 Å². The molecular weight excluding hydrogens is 152 g/mol. The lowest BCUT2D eigenvalue weighted by Crippen LogP contribution is -2.17. The fraction of sp³-hybridized carbons (Fsp3) is 0.444. The average Bonchev–Trinajstić information content (AvgIpc) is 2.59. The first-order chi connectivity index (χ1) is 5.95. The molecule has 0 radical (unpaired) electrons. The lowest BCUT2D eigenvalue weighted by Gasteiger charge is -2.12. The van der Waals surface area contributed by atoms with Crippen molar-refractivity contribution in [3.8, 4) is 0 Å². The lowest BCUT2D eigenvalue weighted by atomic mass is 10.2. The van der Waals surface area contributed by atoms with Gasteiger partial charge in [-0.25, -0.2) is 4.68 Å². The van der Waals surface area contributed by atoms with Gasteiger partial charge in [0, 0.05) is 19.0 Å². The fourth-order valence-electron chi connectivity index (χ4n) is 1.27. The van der Waals surface area contributed by atoms with Crippen molar-refractivity contribution in [2.75, 3.05) is 13.2 Å². The summed E-state index contributed by atoms with van der Waals surface area (Å²) in [6.45, 7) is 1.57. The van der Waals surface area contributed by atoms with Crippen LogP contribution in [0.1, 0.15) is 12.8 Å². The van der Waals surface area contributed by atoms with Crippen LogP contribution < -0.4 is 0 Å². The van der Waals surface area contributed by atoms with Gasteiger partial charge in [0.05, 0.1) is 12.3 Å². The SMILES string of the molecule is c1ccn(/N=C2\CCCOC2)c1. The Hall–Kier alpha value is -1.09. The zero-order valence-electron chi connectivity index (χ0n) is 6.94. The maximum atomic E-state index is 5.29. The largest absolute Gasteiger partial charge is 0.375 e. The second-order valence-corrected chi connectivity index (χ2v) is 2.89. The van der Waals surface area contributed by atoms with Gasteiger partial charge in [-0.1, -0.05) is 0 Å². The van der Waals surface area contributed by atoms with Gasteiger partial charge in [0.2, 0.25) is 0 Å². The van der Waals surface area contributed by atoms with Crippen molar-refractivity contribution in [3.63, 3.8) is 0 Å². The highest BCUT2D eigenvalue weighted by Gasteiger charge is 2.06. The van der Waals surface area contributed by atoms with Crippen molar-refractivity contribution in [2.45, 2.75) is 12.8 Å². The van der Waals surface area contributed by atoms with Crippen LogP contribution in [0.3, 0.4) is 0 Å². The molecular formula is C9H12N2O. The highest BCUT2D eigenvalue weighted by molar-refractivity contribution is 5.86. The molecule has 1 aliphatic heterocycles. The third-order valence-electron chi connectivity index (χ3n) is 1.87. The molecule has 0 N–H and O–H groups in total. The van der Waals surface area contributed by atoms with Crippen molar-refractivity contribution in [2.24, 2.45) is 5.10 Å². The number of hydrogen-bond donors (Lipinski definition) is 0. The Bertz CT molecular complexity index is 256. The van der Waals surface area contributed by atoms with Crippen LogP contribution in [0.5, 0.6) is 0 Å². The van der Waals surface area contributed by atoms with Crippen LogP contribution in [-0.2, 0) is 4.74 Å². The zero-order valence-corrected chi connectivity index (χ0v) is 6.94. The van der Waals surface area contributed by atoms with Gasteiger partial charge in [-0.05, 0) is 25.0 Å². The molecule has 0 unspecified atom stereocenters. The first-order valence-corrected chi connectivity index (χ1v) is 4.22. The summed E-state index contributed by atoms with van der Waals surface area (Å²) in [7, 11) is 0. The minimum atomic E-state index is 0.693. The second-order valence-electron chi connectivity index (χ2n) is 2.89. The van der Waals surface area contributed by atoms with E-state index < -0.39 is 0 Å². The summed E-state index contributed by atoms with van der Waals surface area (Å²) in [5.74, 6) is 0. The quantitative estimate of drug-likeness (QED) is 0.617. The number of aromatic nitrogens is 1. The van der Waals surface area contributed by atoms with Crippen LogP contribution in [-0.4, -0.2) is 23.6 Å². The second kappa shape index (κ2) is 3.54.